The molecule has 2 aromatic rings. The molecule has 2 saturated heterocycles. The number of aliphatic hydroxyl groups is 1. The van der Waals surface area contributed by atoms with Crippen molar-refractivity contribution in [2.45, 2.75) is 50.2 Å². The fourth-order valence-electron chi connectivity index (χ4n) is 4.85. The summed E-state index contributed by atoms with van der Waals surface area (Å²) in [5.74, 6) is 0.749. The van der Waals surface area contributed by atoms with Crippen LogP contribution < -0.4 is 16.0 Å². The van der Waals surface area contributed by atoms with E-state index in [1.807, 2.05) is 6.07 Å². The van der Waals surface area contributed by atoms with Crippen molar-refractivity contribution in [2.24, 2.45) is 11.1 Å². The van der Waals surface area contributed by atoms with Crippen LogP contribution in [0.1, 0.15) is 37.4 Å². The summed E-state index contributed by atoms with van der Waals surface area (Å²) in [5, 5.41) is 12.3. The molecule has 4 N–H and O–H groups in total. The molecular weight excluding hydrogens is 432 g/mol. The Bertz CT molecular complexity index is 1000. The number of hydrogen-bond donors (Lipinski definition) is 3. The number of piperazine rings is 1. The number of rotatable bonds is 7. The number of nitrogens with one attached hydrogen (secondary N) is 1. The monoisotopic (exact) mass is 459 g/mol. The number of hydrogen-bond acceptors (Lipinski definition) is 8. The van der Waals surface area contributed by atoms with Crippen LogP contribution >= 0.6 is 0 Å². The third-order valence-electron chi connectivity index (χ3n) is 6.93. The van der Waals surface area contributed by atoms with E-state index in [1.165, 1.54) is 0 Å². The van der Waals surface area contributed by atoms with Crippen LogP contribution in [-0.4, -0.2) is 69.1 Å². The average molecular weight is 460 g/mol. The standard InChI is InChI=1S/C22H27F2N7O2/c23-19(24)22(6-7-22)20(33)31-14-2-3-15(31)11-30(10-14)18-5-8-26-21(29-18)28-13-1-4-17(27-9-13)16(25)12-32/h1,4-5,8-9,14-16,19,32H,2-3,6-7,10-12,25H2,(H,26,28,29)/t14-,15+,16-/m1/s1. The number of aromatic nitrogens is 3. The summed E-state index contributed by atoms with van der Waals surface area (Å²) >= 11 is 0. The normalized spacial score (nSPS) is 24.2. The minimum absolute atomic E-state index is 0.0775. The Morgan fingerprint density at radius 1 is 1.21 bits per heavy atom. The van der Waals surface area contributed by atoms with Gasteiger partial charge in [0, 0.05) is 31.4 Å². The van der Waals surface area contributed by atoms with E-state index >= 15 is 0 Å². The molecule has 3 aliphatic rings. The van der Waals surface area contributed by atoms with Gasteiger partial charge < -0.3 is 26.0 Å². The molecule has 9 nitrogen and oxygen atoms in total. The molecule has 176 valence electrons. The summed E-state index contributed by atoms with van der Waals surface area (Å²) < 4.78 is 27.0. The molecule has 1 amide bonds. The molecule has 0 radical (unpaired) electrons. The van der Waals surface area contributed by atoms with E-state index in [4.69, 9.17) is 10.8 Å². The van der Waals surface area contributed by atoms with Crippen LogP contribution in [0, 0.1) is 5.41 Å². The number of nitrogens with two attached hydrogens (primary N) is 1. The van der Waals surface area contributed by atoms with Gasteiger partial charge in [-0.2, -0.15) is 4.98 Å². The minimum Gasteiger partial charge on any atom is -0.394 e. The van der Waals surface area contributed by atoms with E-state index in [1.54, 1.807) is 29.4 Å². The summed E-state index contributed by atoms with van der Waals surface area (Å²) in [6.07, 6.45) is 2.86. The molecule has 4 heterocycles. The number of carbonyl (C=O) groups is 1. The van der Waals surface area contributed by atoms with Gasteiger partial charge in [-0.3, -0.25) is 9.78 Å². The highest BCUT2D eigenvalue weighted by atomic mass is 19.3. The van der Waals surface area contributed by atoms with E-state index < -0.39 is 17.9 Å². The number of aliphatic hydroxyl groups excluding tert-OH is 1. The molecule has 0 aromatic carbocycles. The Morgan fingerprint density at radius 3 is 2.52 bits per heavy atom. The third kappa shape index (κ3) is 3.99. The van der Waals surface area contributed by atoms with Crippen LogP contribution in [-0.2, 0) is 4.79 Å². The van der Waals surface area contributed by atoms with Crippen molar-refractivity contribution in [3.05, 3.63) is 36.3 Å². The molecule has 3 fully saturated rings. The van der Waals surface area contributed by atoms with Crippen molar-refractivity contribution in [3.63, 3.8) is 0 Å². The maximum Gasteiger partial charge on any atom is 0.252 e. The first-order valence-corrected chi connectivity index (χ1v) is 11.2. The number of fused-ring (bicyclic) bond motifs is 2. The van der Waals surface area contributed by atoms with Crippen LogP contribution in [0.4, 0.5) is 26.2 Å². The van der Waals surface area contributed by atoms with Gasteiger partial charge in [0.05, 0.1) is 30.2 Å². The predicted molar refractivity (Wildman–Crippen MR) is 117 cm³/mol. The lowest BCUT2D eigenvalue weighted by Crippen LogP contribution is -2.58. The summed E-state index contributed by atoms with van der Waals surface area (Å²) in [7, 11) is 0. The minimum atomic E-state index is -2.60. The second kappa shape index (κ2) is 8.45. The maximum absolute atomic E-state index is 13.5. The Kier molecular flexibility index (Phi) is 5.61. The first-order chi connectivity index (χ1) is 15.9. The highest BCUT2D eigenvalue weighted by Crippen LogP contribution is 2.53. The molecular formula is C22H27F2N7O2. The lowest BCUT2D eigenvalue weighted by Gasteiger charge is -2.43. The van der Waals surface area contributed by atoms with Crippen molar-refractivity contribution in [1.82, 2.24) is 19.9 Å². The summed E-state index contributed by atoms with van der Waals surface area (Å²) in [4.78, 5) is 29.9. The van der Waals surface area contributed by atoms with E-state index in [0.29, 0.717) is 30.4 Å². The van der Waals surface area contributed by atoms with Crippen molar-refractivity contribution in [2.75, 3.05) is 29.9 Å². The van der Waals surface area contributed by atoms with Gasteiger partial charge in [-0.1, -0.05) is 0 Å². The number of amides is 1. The first-order valence-electron chi connectivity index (χ1n) is 11.2. The van der Waals surface area contributed by atoms with Crippen molar-refractivity contribution in [1.29, 1.82) is 0 Å². The molecule has 5 rings (SSSR count). The van der Waals surface area contributed by atoms with Gasteiger partial charge in [0.25, 0.3) is 6.43 Å². The van der Waals surface area contributed by atoms with Gasteiger partial charge in [-0.15, -0.1) is 0 Å². The van der Waals surface area contributed by atoms with E-state index in [0.717, 1.165) is 18.7 Å². The van der Waals surface area contributed by atoms with Gasteiger partial charge in [0.1, 0.15) is 11.2 Å². The van der Waals surface area contributed by atoms with Crippen LogP contribution in [0.2, 0.25) is 0 Å². The lowest BCUT2D eigenvalue weighted by atomic mass is 10.0. The molecule has 2 aliphatic heterocycles. The van der Waals surface area contributed by atoms with Crippen molar-refractivity contribution >= 4 is 23.4 Å². The fourth-order valence-corrected chi connectivity index (χ4v) is 4.85. The topological polar surface area (TPSA) is 120 Å². The van der Waals surface area contributed by atoms with Crippen molar-refractivity contribution in [3.8, 4) is 0 Å². The van der Waals surface area contributed by atoms with E-state index in [2.05, 4.69) is 25.2 Å². The molecule has 3 atom stereocenters. The van der Waals surface area contributed by atoms with Gasteiger partial charge in [0.15, 0.2) is 0 Å². The first kappa shape index (κ1) is 21.9. The van der Waals surface area contributed by atoms with Crippen LogP contribution in [0.15, 0.2) is 30.6 Å². The zero-order valence-electron chi connectivity index (χ0n) is 18.1. The smallest absolute Gasteiger partial charge is 0.252 e. The quantitative estimate of drug-likeness (QED) is 0.574. The van der Waals surface area contributed by atoms with Gasteiger partial charge in [0.2, 0.25) is 11.9 Å². The number of pyridine rings is 1. The van der Waals surface area contributed by atoms with Crippen LogP contribution in [0.3, 0.4) is 0 Å². The zero-order chi connectivity index (χ0) is 23.2. The molecule has 1 saturated carbocycles. The average Bonchev–Trinajstić information content (AvgIpc) is 3.60. The van der Waals surface area contributed by atoms with Gasteiger partial charge in [-0.25, -0.2) is 13.8 Å². The predicted octanol–water partition coefficient (Wildman–Crippen LogP) is 1.83. The Hall–Kier alpha value is -2.92. The Morgan fingerprint density at radius 2 is 1.94 bits per heavy atom. The molecule has 11 heteroatoms. The molecule has 33 heavy (non-hydrogen) atoms. The fraction of sp³-hybridized carbons (Fsp3) is 0.545. The summed E-state index contributed by atoms with van der Waals surface area (Å²) in [6, 6.07) is 4.64. The molecule has 0 unspecified atom stereocenters. The van der Waals surface area contributed by atoms with Crippen LogP contribution in [0.5, 0.6) is 0 Å². The summed E-state index contributed by atoms with van der Waals surface area (Å²) in [6.45, 7) is 0.940. The second-order valence-corrected chi connectivity index (χ2v) is 9.08. The second-order valence-electron chi connectivity index (χ2n) is 9.08. The largest absolute Gasteiger partial charge is 0.394 e. The number of nitrogens with zero attached hydrogens (tertiary/aromatic N) is 5. The third-order valence-corrected chi connectivity index (χ3v) is 6.93. The lowest BCUT2D eigenvalue weighted by molar-refractivity contribution is -0.146. The molecule has 1 aliphatic carbocycles. The zero-order valence-corrected chi connectivity index (χ0v) is 18.1. The highest BCUT2D eigenvalue weighted by molar-refractivity contribution is 5.87. The number of anilines is 3. The summed E-state index contributed by atoms with van der Waals surface area (Å²) in [5.41, 5.74) is 5.59. The number of carbonyl (C=O) groups excluding carboxylic acids is 1. The number of halogens is 2. The van der Waals surface area contributed by atoms with E-state index in [9.17, 15) is 13.6 Å². The highest BCUT2D eigenvalue weighted by Gasteiger charge is 2.61. The number of alkyl halides is 2. The van der Waals surface area contributed by atoms with Crippen LogP contribution in [0.25, 0.3) is 0 Å². The molecule has 2 bridgehead atoms. The van der Waals surface area contributed by atoms with Gasteiger partial charge in [-0.05, 0) is 43.9 Å². The Balaban J connectivity index is 1.27. The van der Waals surface area contributed by atoms with Crippen molar-refractivity contribution < 1.29 is 18.7 Å². The van der Waals surface area contributed by atoms with Gasteiger partial charge >= 0.3 is 0 Å². The van der Waals surface area contributed by atoms with E-state index in [-0.39, 0.29) is 37.4 Å². The SMILES string of the molecule is N[C@H](CO)c1ccc(Nc2nccc(N3C[C@H]4CC[C@@H](C3)N4C(=O)C3(C(F)F)CC3)n2)cn1. The molecule has 0 spiro atoms. The Labute approximate surface area is 190 Å². The maximum atomic E-state index is 13.5. The molecule has 2 aromatic heterocycles.